The van der Waals surface area contributed by atoms with Crippen molar-refractivity contribution in [1.82, 2.24) is 9.88 Å². The zero-order valence-corrected chi connectivity index (χ0v) is 20.2. The number of anilines is 1. The Labute approximate surface area is 202 Å². The summed E-state index contributed by atoms with van der Waals surface area (Å²) in [5.74, 6) is 1.40. The van der Waals surface area contributed by atoms with Crippen molar-refractivity contribution in [3.63, 3.8) is 0 Å². The first kappa shape index (κ1) is 22.2. The zero-order chi connectivity index (χ0) is 23.0. The van der Waals surface area contributed by atoms with E-state index in [-0.39, 0.29) is 18.7 Å². The van der Waals surface area contributed by atoms with Gasteiger partial charge in [0.25, 0.3) is 0 Å². The maximum atomic E-state index is 13.3. The van der Waals surface area contributed by atoms with Gasteiger partial charge in [-0.2, -0.15) is 0 Å². The van der Waals surface area contributed by atoms with Crippen molar-refractivity contribution in [2.75, 3.05) is 25.2 Å². The SMILES string of the molecule is CCN(CC)C(c1cccc(Cl)c1)c1cnc(NC(=O)C2(c3ccc4c(c3)OCO4)CC2)s1. The quantitative estimate of drug-likeness (QED) is 0.450. The average Bonchev–Trinajstić information content (AvgIpc) is 3.28. The summed E-state index contributed by atoms with van der Waals surface area (Å²) in [4.78, 5) is 21.3. The number of thiazole rings is 1. The van der Waals surface area contributed by atoms with Gasteiger partial charge in [0.1, 0.15) is 0 Å². The zero-order valence-electron chi connectivity index (χ0n) is 18.6. The Bertz CT molecular complexity index is 1170. The minimum atomic E-state index is -0.530. The number of nitrogens with zero attached hydrogens (tertiary/aromatic N) is 2. The molecule has 2 aliphatic rings. The highest BCUT2D eigenvalue weighted by atomic mass is 35.5. The van der Waals surface area contributed by atoms with Gasteiger partial charge in [0, 0.05) is 16.1 Å². The van der Waals surface area contributed by atoms with E-state index in [4.69, 9.17) is 21.1 Å². The molecule has 3 aromatic rings. The van der Waals surface area contributed by atoms with E-state index >= 15 is 0 Å². The van der Waals surface area contributed by atoms with Crippen LogP contribution in [0.3, 0.4) is 0 Å². The lowest BCUT2D eigenvalue weighted by atomic mass is 9.94. The van der Waals surface area contributed by atoms with Gasteiger partial charge in [-0.1, -0.05) is 55.0 Å². The number of carbonyl (C=O) groups excluding carboxylic acids is 1. The lowest BCUT2D eigenvalue weighted by Crippen LogP contribution is -2.28. The number of fused-ring (bicyclic) bond motifs is 1. The molecule has 2 aromatic carbocycles. The monoisotopic (exact) mass is 483 g/mol. The molecular formula is C25H26ClN3O3S. The number of rotatable bonds is 8. The number of ether oxygens (including phenoxy) is 2. The van der Waals surface area contributed by atoms with E-state index in [1.54, 1.807) is 0 Å². The molecule has 1 fully saturated rings. The van der Waals surface area contributed by atoms with E-state index in [1.165, 1.54) is 11.3 Å². The topological polar surface area (TPSA) is 63.7 Å². The molecule has 1 aliphatic heterocycles. The van der Waals surface area contributed by atoms with Crippen LogP contribution in [0.2, 0.25) is 5.02 Å². The van der Waals surface area contributed by atoms with Crippen molar-refractivity contribution in [2.24, 2.45) is 0 Å². The van der Waals surface area contributed by atoms with Crippen LogP contribution in [0.15, 0.2) is 48.7 Å². The number of carbonyl (C=O) groups is 1. The highest BCUT2D eigenvalue weighted by molar-refractivity contribution is 7.15. The minimum Gasteiger partial charge on any atom is -0.454 e. The van der Waals surface area contributed by atoms with Gasteiger partial charge < -0.3 is 14.8 Å². The molecule has 8 heteroatoms. The Morgan fingerprint density at radius 1 is 1.18 bits per heavy atom. The first-order valence-electron chi connectivity index (χ1n) is 11.2. The predicted octanol–water partition coefficient (Wildman–Crippen LogP) is 5.63. The van der Waals surface area contributed by atoms with Crippen LogP contribution in [0.5, 0.6) is 11.5 Å². The van der Waals surface area contributed by atoms with E-state index in [0.29, 0.717) is 15.9 Å². The highest BCUT2D eigenvalue weighted by Gasteiger charge is 2.52. The van der Waals surface area contributed by atoms with Crippen LogP contribution in [0.4, 0.5) is 5.13 Å². The maximum absolute atomic E-state index is 13.3. The Kier molecular flexibility index (Phi) is 6.03. The third-order valence-corrected chi connectivity index (χ3v) is 7.67. The van der Waals surface area contributed by atoms with Gasteiger partial charge >= 0.3 is 0 Å². The first-order chi connectivity index (χ1) is 16.0. The Hall–Kier alpha value is -2.61. The van der Waals surface area contributed by atoms with E-state index in [1.807, 2.05) is 42.6 Å². The summed E-state index contributed by atoms with van der Waals surface area (Å²) in [5, 5.41) is 4.40. The molecule has 1 N–H and O–H groups in total. The Balaban J connectivity index is 1.38. The van der Waals surface area contributed by atoms with E-state index in [0.717, 1.165) is 47.7 Å². The largest absolute Gasteiger partial charge is 0.454 e. The average molecular weight is 484 g/mol. The summed E-state index contributed by atoms with van der Waals surface area (Å²) < 4.78 is 10.9. The number of hydrogen-bond donors (Lipinski definition) is 1. The van der Waals surface area contributed by atoms with E-state index < -0.39 is 5.41 Å². The molecule has 5 rings (SSSR count). The van der Waals surface area contributed by atoms with Crippen LogP contribution in [0.1, 0.15) is 48.7 Å². The van der Waals surface area contributed by atoms with Crippen molar-refractivity contribution in [3.05, 3.63) is 69.7 Å². The second-order valence-electron chi connectivity index (χ2n) is 8.35. The molecule has 1 atom stereocenters. The van der Waals surface area contributed by atoms with E-state index in [9.17, 15) is 4.79 Å². The van der Waals surface area contributed by atoms with Gasteiger partial charge in [-0.15, -0.1) is 0 Å². The molecule has 0 radical (unpaired) electrons. The standard InChI is InChI=1S/C25H26ClN3O3S/c1-3-29(4-2)22(16-6-5-7-18(26)12-16)21-14-27-24(33-21)28-23(30)25(10-11-25)17-8-9-19-20(13-17)32-15-31-19/h5-9,12-14,22H,3-4,10-11,15H2,1-2H3,(H,27,28,30). The van der Waals surface area contributed by atoms with Crippen LogP contribution in [0.25, 0.3) is 0 Å². The summed E-state index contributed by atoms with van der Waals surface area (Å²) in [6.45, 7) is 6.29. The highest BCUT2D eigenvalue weighted by Crippen LogP contribution is 2.51. The van der Waals surface area contributed by atoms with Crippen molar-refractivity contribution in [2.45, 2.75) is 38.1 Å². The molecule has 2 heterocycles. The first-order valence-corrected chi connectivity index (χ1v) is 12.4. The number of hydrogen-bond acceptors (Lipinski definition) is 6. The van der Waals surface area contributed by atoms with Gasteiger partial charge in [0.05, 0.1) is 11.5 Å². The maximum Gasteiger partial charge on any atom is 0.236 e. The number of aromatic nitrogens is 1. The van der Waals surface area contributed by atoms with Crippen molar-refractivity contribution >= 4 is 34.0 Å². The third-order valence-electron chi connectivity index (χ3n) is 6.47. The second kappa shape index (κ2) is 8.97. The predicted molar refractivity (Wildman–Crippen MR) is 130 cm³/mol. The molecule has 0 spiro atoms. The van der Waals surface area contributed by atoms with Crippen LogP contribution < -0.4 is 14.8 Å². The number of halogens is 1. The van der Waals surface area contributed by atoms with Gasteiger partial charge in [-0.25, -0.2) is 4.98 Å². The smallest absolute Gasteiger partial charge is 0.236 e. The van der Waals surface area contributed by atoms with Crippen LogP contribution in [-0.2, 0) is 10.2 Å². The molecule has 6 nitrogen and oxygen atoms in total. The molecule has 0 bridgehead atoms. The summed E-state index contributed by atoms with van der Waals surface area (Å²) in [6.07, 6.45) is 3.48. The molecule has 33 heavy (non-hydrogen) atoms. The minimum absolute atomic E-state index is 0.0237. The van der Waals surface area contributed by atoms with Crippen LogP contribution in [0, 0.1) is 0 Å². The van der Waals surface area contributed by atoms with Crippen molar-refractivity contribution in [1.29, 1.82) is 0 Å². The normalized spacial score (nSPS) is 16.6. The second-order valence-corrected chi connectivity index (χ2v) is 9.85. The fourth-order valence-corrected chi connectivity index (χ4v) is 5.65. The van der Waals surface area contributed by atoms with Crippen LogP contribution in [-0.4, -0.2) is 35.7 Å². The molecular weight excluding hydrogens is 458 g/mol. The van der Waals surface area contributed by atoms with Gasteiger partial charge in [-0.05, 0) is 61.3 Å². The van der Waals surface area contributed by atoms with Gasteiger partial charge in [-0.3, -0.25) is 9.69 Å². The fraction of sp³-hybridized carbons (Fsp3) is 0.360. The molecule has 1 aliphatic carbocycles. The third kappa shape index (κ3) is 4.21. The molecule has 1 saturated carbocycles. The van der Waals surface area contributed by atoms with Crippen molar-refractivity contribution < 1.29 is 14.3 Å². The lowest BCUT2D eigenvalue weighted by molar-refractivity contribution is -0.118. The van der Waals surface area contributed by atoms with Gasteiger partial charge in [0.15, 0.2) is 16.6 Å². The van der Waals surface area contributed by atoms with E-state index in [2.05, 4.69) is 35.1 Å². The summed E-state index contributed by atoms with van der Waals surface area (Å²) in [6, 6.07) is 13.7. The summed E-state index contributed by atoms with van der Waals surface area (Å²) in [7, 11) is 0. The molecule has 1 aromatic heterocycles. The molecule has 1 amide bonds. The molecule has 0 saturated heterocycles. The molecule has 172 valence electrons. The number of nitrogens with one attached hydrogen (secondary N) is 1. The Morgan fingerprint density at radius 2 is 1.97 bits per heavy atom. The number of benzene rings is 2. The summed E-state index contributed by atoms with van der Waals surface area (Å²) in [5.41, 5.74) is 1.55. The number of amides is 1. The van der Waals surface area contributed by atoms with Crippen LogP contribution >= 0.6 is 22.9 Å². The molecule has 1 unspecified atom stereocenters. The summed E-state index contributed by atoms with van der Waals surface area (Å²) >= 11 is 7.80. The van der Waals surface area contributed by atoms with Gasteiger partial charge in [0.2, 0.25) is 12.7 Å². The van der Waals surface area contributed by atoms with Crippen molar-refractivity contribution in [3.8, 4) is 11.5 Å². The Morgan fingerprint density at radius 3 is 2.70 bits per heavy atom. The fourth-order valence-electron chi connectivity index (χ4n) is 4.47. The lowest BCUT2D eigenvalue weighted by Gasteiger charge is -2.29.